The van der Waals surface area contributed by atoms with Crippen molar-refractivity contribution in [2.45, 2.75) is 44.9 Å². The van der Waals surface area contributed by atoms with Gasteiger partial charge in [-0.2, -0.15) is 0 Å². The van der Waals surface area contributed by atoms with E-state index in [1.165, 1.54) is 0 Å². The van der Waals surface area contributed by atoms with Gasteiger partial charge in [0.15, 0.2) is 0 Å². The van der Waals surface area contributed by atoms with Gasteiger partial charge in [-0.15, -0.1) is 0 Å². The Morgan fingerprint density at radius 2 is 1.96 bits per heavy atom. The topological polar surface area (TPSA) is 89.3 Å². The number of rotatable bonds is 3. The molecule has 0 aliphatic heterocycles. The van der Waals surface area contributed by atoms with Crippen molar-refractivity contribution in [3.05, 3.63) is 24.3 Å². The van der Waals surface area contributed by atoms with Crippen LogP contribution in [0.25, 0.3) is 0 Å². The monoisotopic (exact) mass is 314 g/mol. The first-order chi connectivity index (χ1) is 11.0. The molecule has 0 heterocycles. The summed E-state index contributed by atoms with van der Waals surface area (Å²) in [5, 5.41) is 2.82. The molecule has 0 saturated heterocycles. The zero-order valence-corrected chi connectivity index (χ0v) is 13.1. The minimum absolute atomic E-state index is 0.0453. The first-order valence-electron chi connectivity index (χ1n) is 8.24. The largest absolute Gasteiger partial charge is 0.399 e. The van der Waals surface area contributed by atoms with Gasteiger partial charge in [0.1, 0.15) is 11.6 Å². The first-order valence-corrected chi connectivity index (χ1v) is 8.24. The van der Waals surface area contributed by atoms with Crippen molar-refractivity contribution in [2.24, 2.45) is 11.3 Å². The highest BCUT2D eigenvalue weighted by atomic mass is 16.2. The Hall–Kier alpha value is -2.17. The van der Waals surface area contributed by atoms with Crippen molar-refractivity contribution in [3.8, 4) is 0 Å². The normalized spacial score (nSPS) is 23.2. The van der Waals surface area contributed by atoms with Crippen LogP contribution in [0.15, 0.2) is 24.3 Å². The third kappa shape index (κ3) is 2.87. The molecule has 2 aliphatic rings. The van der Waals surface area contributed by atoms with Crippen molar-refractivity contribution in [2.75, 3.05) is 11.1 Å². The van der Waals surface area contributed by atoms with Gasteiger partial charge in [-0.05, 0) is 37.0 Å². The molecule has 23 heavy (non-hydrogen) atoms. The van der Waals surface area contributed by atoms with Crippen LogP contribution in [0.1, 0.15) is 44.9 Å². The molecule has 2 saturated carbocycles. The van der Waals surface area contributed by atoms with Crippen LogP contribution in [-0.4, -0.2) is 17.5 Å². The summed E-state index contributed by atoms with van der Waals surface area (Å²) in [6, 6.07) is 7.00. The van der Waals surface area contributed by atoms with E-state index in [1.54, 1.807) is 24.3 Å². The summed E-state index contributed by atoms with van der Waals surface area (Å²) in [6.45, 7) is 0. The van der Waals surface area contributed by atoms with Crippen molar-refractivity contribution in [1.82, 2.24) is 0 Å². The average Bonchev–Trinajstić information content (AvgIpc) is 2.78. The number of hydrogen-bond acceptors (Lipinski definition) is 4. The minimum Gasteiger partial charge on any atom is -0.399 e. The van der Waals surface area contributed by atoms with Gasteiger partial charge in [0.25, 0.3) is 0 Å². The van der Waals surface area contributed by atoms with Crippen LogP contribution in [0.5, 0.6) is 0 Å². The number of benzene rings is 1. The predicted molar refractivity (Wildman–Crippen MR) is 87.7 cm³/mol. The molecule has 1 unspecified atom stereocenters. The van der Waals surface area contributed by atoms with E-state index in [2.05, 4.69) is 5.32 Å². The SMILES string of the molecule is Nc1cccc(NC(=O)CC2CCCCC23C(=O)CCC3=O)c1. The summed E-state index contributed by atoms with van der Waals surface area (Å²) in [5.41, 5.74) is 6.05. The molecule has 3 rings (SSSR count). The number of carbonyl (C=O) groups excluding carboxylic acids is 3. The van der Waals surface area contributed by atoms with Crippen LogP contribution in [0.2, 0.25) is 0 Å². The fourth-order valence-electron chi connectivity index (χ4n) is 4.14. The minimum atomic E-state index is -0.884. The second-order valence-electron chi connectivity index (χ2n) is 6.64. The lowest BCUT2D eigenvalue weighted by Crippen LogP contribution is -2.44. The zero-order valence-electron chi connectivity index (χ0n) is 13.1. The van der Waals surface area contributed by atoms with Gasteiger partial charge in [-0.3, -0.25) is 14.4 Å². The van der Waals surface area contributed by atoms with Crippen molar-refractivity contribution < 1.29 is 14.4 Å². The Morgan fingerprint density at radius 3 is 2.65 bits per heavy atom. The highest BCUT2D eigenvalue weighted by Crippen LogP contribution is 2.49. The van der Waals surface area contributed by atoms with E-state index in [0.29, 0.717) is 30.6 Å². The number of Topliss-reactive ketones (excluding diaryl/α,β-unsaturated/α-hetero) is 2. The maximum absolute atomic E-state index is 12.4. The number of nitrogens with two attached hydrogens (primary N) is 1. The number of ketones is 2. The lowest BCUT2D eigenvalue weighted by Gasteiger charge is -2.38. The number of nitrogens with one attached hydrogen (secondary N) is 1. The van der Waals surface area contributed by atoms with Gasteiger partial charge in [0.2, 0.25) is 5.91 Å². The third-order valence-corrected chi connectivity index (χ3v) is 5.25. The van der Waals surface area contributed by atoms with Gasteiger partial charge >= 0.3 is 0 Å². The molecule has 0 aromatic heterocycles. The van der Waals surface area contributed by atoms with Crippen LogP contribution in [0.3, 0.4) is 0 Å². The predicted octanol–water partition coefficient (Wildman–Crippen LogP) is 2.71. The average molecular weight is 314 g/mol. The lowest BCUT2D eigenvalue weighted by atomic mass is 9.63. The molecule has 1 spiro atoms. The van der Waals surface area contributed by atoms with Crippen LogP contribution >= 0.6 is 0 Å². The smallest absolute Gasteiger partial charge is 0.224 e. The molecule has 1 aromatic carbocycles. The van der Waals surface area contributed by atoms with E-state index >= 15 is 0 Å². The standard InChI is InChI=1S/C18H22N2O3/c19-13-5-3-6-14(11-13)20-17(23)10-12-4-1-2-9-18(12)15(21)7-8-16(18)22/h3,5-6,11-12H,1-2,4,7-10,19H2,(H,20,23). The number of amides is 1. The Bertz CT molecular complexity index is 637. The molecule has 5 heteroatoms. The van der Waals surface area contributed by atoms with Crippen molar-refractivity contribution in [3.63, 3.8) is 0 Å². The van der Waals surface area contributed by atoms with Crippen LogP contribution in [0, 0.1) is 11.3 Å². The Kier molecular flexibility index (Phi) is 4.20. The van der Waals surface area contributed by atoms with Crippen molar-refractivity contribution in [1.29, 1.82) is 0 Å². The fraction of sp³-hybridized carbons (Fsp3) is 0.500. The molecular formula is C18H22N2O3. The summed E-state index contributed by atoms with van der Waals surface area (Å²) in [5.74, 6) is -0.234. The summed E-state index contributed by atoms with van der Waals surface area (Å²) in [4.78, 5) is 37.1. The summed E-state index contributed by atoms with van der Waals surface area (Å²) in [7, 11) is 0. The van der Waals surface area contributed by atoms with E-state index in [9.17, 15) is 14.4 Å². The van der Waals surface area contributed by atoms with E-state index in [4.69, 9.17) is 5.73 Å². The van der Waals surface area contributed by atoms with Gasteiger partial charge < -0.3 is 11.1 Å². The number of nitrogen functional groups attached to an aromatic ring is 1. The van der Waals surface area contributed by atoms with Gasteiger partial charge in [0.05, 0.1) is 5.41 Å². The van der Waals surface area contributed by atoms with Crippen LogP contribution in [-0.2, 0) is 14.4 Å². The lowest BCUT2D eigenvalue weighted by molar-refractivity contribution is -0.142. The highest BCUT2D eigenvalue weighted by molar-refractivity contribution is 6.13. The van der Waals surface area contributed by atoms with E-state index in [-0.39, 0.29) is 29.8 Å². The van der Waals surface area contributed by atoms with Gasteiger partial charge in [0, 0.05) is 30.6 Å². The molecule has 1 aromatic rings. The summed E-state index contributed by atoms with van der Waals surface area (Å²) >= 11 is 0. The molecule has 2 aliphatic carbocycles. The second kappa shape index (κ2) is 6.14. The van der Waals surface area contributed by atoms with Gasteiger partial charge in [-0.1, -0.05) is 18.9 Å². The fourth-order valence-corrected chi connectivity index (χ4v) is 4.14. The first kappa shape index (κ1) is 15.7. The maximum Gasteiger partial charge on any atom is 0.224 e. The Labute approximate surface area is 135 Å². The second-order valence-corrected chi connectivity index (χ2v) is 6.64. The molecule has 122 valence electrons. The maximum atomic E-state index is 12.4. The highest BCUT2D eigenvalue weighted by Gasteiger charge is 2.55. The number of hydrogen-bond donors (Lipinski definition) is 2. The summed E-state index contributed by atoms with van der Waals surface area (Å²) < 4.78 is 0. The number of carbonyl (C=O) groups is 3. The van der Waals surface area contributed by atoms with E-state index < -0.39 is 5.41 Å². The van der Waals surface area contributed by atoms with Crippen LogP contribution in [0.4, 0.5) is 11.4 Å². The Balaban J connectivity index is 1.73. The molecular weight excluding hydrogens is 292 g/mol. The number of anilines is 2. The quantitative estimate of drug-likeness (QED) is 0.663. The molecule has 3 N–H and O–H groups in total. The molecule has 1 amide bonds. The molecule has 1 atom stereocenters. The van der Waals surface area contributed by atoms with Crippen molar-refractivity contribution >= 4 is 28.8 Å². The molecule has 0 bridgehead atoms. The molecule has 0 radical (unpaired) electrons. The molecule has 5 nitrogen and oxygen atoms in total. The van der Waals surface area contributed by atoms with E-state index in [0.717, 1.165) is 19.3 Å². The zero-order chi connectivity index (χ0) is 16.4. The van der Waals surface area contributed by atoms with Gasteiger partial charge in [-0.25, -0.2) is 0 Å². The van der Waals surface area contributed by atoms with E-state index in [1.807, 2.05) is 0 Å². The van der Waals surface area contributed by atoms with Crippen LogP contribution < -0.4 is 11.1 Å². The Morgan fingerprint density at radius 1 is 1.22 bits per heavy atom. The summed E-state index contributed by atoms with van der Waals surface area (Å²) in [6.07, 6.45) is 4.14. The molecule has 2 fully saturated rings. The third-order valence-electron chi connectivity index (χ3n) is 5.25.